The van der Waals surface area contributed by atoms with Crippen LogP contribution in [0.2, 0.25) is 0 Å². The summed E-state index contributed by atoms with van der Waals surface area (Å²) in [6.07, 6.45) is 4.00. The molecule has 0 heterocycles. The molecule has 0 radical (unpaired) electrons. The molecule has 0 aromatic carbocycles. The van der Waals surface area contributed by atoms with Crippen LogP contribution < -0.4 is 0 Å². The first-order valence-electron chi connectivity index (χ1n) is 5.46. The van der Waals surface area contributed by atoms with E-state index in [1.165, 1.54) is 6.42 Å². The molecular formula is C11H23KO4. The first-order valence-corrected chi connectivity index (χ1v) is 5.46. The molecule has 92 valence electrons. The van der Waals surface area contributed by atoms with E-state index in [1.807, 2.05) is 6.92 Å². The summed E-state index contributed by atoms with van der Waals surface area (Å²) in [6.45, 7) is 6.23. The van der Waals surface area contributed by atoms with Crippen molar-refractivity contribution in [1.29, 1.82) is 0 Å². The van der Waals surface area contributed by atoms with Crippen LogP contribution in [-0.4, -0.2) is 73.5 Å². The van der Waals surface area contributed by atoms with Gasteiger partial charge in [-0.15, -0.1) is 0 Å². The summed E-state index contributed by atoms with van der Waals surface area (Å²) in [6, 6.07) is 0. The van der Waals surface area contributed by atoms with Crippen LogP contribution in [0.25, 0.3) is 0 Å². The number of rotatable bonds is 6. The van der Waals surface area contributed by atoms with Gasteiger partial charge in [0.15, 0.2) is 5.92 Å². The number of hydrogen-bond acceptors (Lipinski definition) is 2. The second-order valence-electron chi connectivity index (χ2n) is 3.43. The molecule has 0 aromatic heterocycles. The minimum absolute atomic E-state index is 0. The molecule has 2 N–H and O–H groups in total. The van der Waals surface area contributed by atoms with Crippen LogP contribution in [0.4, 0.5) is 0 Å². The standard InChI is InChI=1S/C8H14O4.C3H8.K.H/c1-2-3-4-5-6(7(9)10)8(11)12;1-3-2;;/h6H,2-5H2,1H3,(H,9,10)(H,11,12);3H2,1-2H3;;. The molecule has 0 fully saturated rings. The third-order valence-corrected chi connectivity index (χ3v) is 1.69. The monoisotopic (exact) mass is 258 g/mol. The summed E-state index contributed by atoms with van der Waals surface area (Å²) in [5, 5.41) is 16.9. The van der Waals surface area contributed by atoms with E-state index in [9.17, 15) is 9.59 Å². The van der Waals surface area contributed by atoms with Crippen molar-refractivity contribution in [3.8, 4) is 0 Å². The Morgan fingerprint density at radius 1 is 1.00 bits per heavy atom. The third-order valence-electron chi connectivity index (χ3n) is 1.69. The summed E-state index contributed by atoms with van der Waals surface area (Å²) in [5.74, 6) is -3.70. The van der Waals surface area contributed by atoms with Crippen LogP contribution in [0.1, 0.15) is 52.9 Å². The van der Waals surface area contributed by atoms with Crippen molar-refractivity contribution in [3.63, 3.8) is 0 Å². The SMILES string of the molecule is CCC.CCCCCC(C(=O)O)C(=O)O.[KH]. The molecule has 0 aliphatic heterocycles. The van der Waals surface area contributed by atoms with Gasteiger partial charge in [-0.05, 0) is 6.42 Å². The van der Waals surface area contributed by atoms with E-state index in [1.54, 1.807) is 0 Å². The van der Waals surface area contributed by atoms with Gasteiger partial charge in [-0.2, -0.15) is 0 Å². The van der Waals surface area contributed by atoms with Crippen molar-refractivity contribution in [2.24, 2.45) is 5.92 Å². The Bertz CT molecular complexity index is 169. The molecule has 0 atom stereocenters. The predicted molar refractivity (Wildman–Crippen MR) is 66.0 cm³/mol. The Hall–Kier alpha value is 0.576. The molecule has 0 aliphatic carbocycles. The molecule has 0 saturated heterocycles. The van der Waals surface area contributed by atoms with Crippen LogP contribution in [-0.2, 0) is 9.59 Å². The normalized spacial score (nSPS) is 8.75. The van der Waals surface area contributed by atoms with E-state index in [2.05, 4.69) is 13.8 Å². The third kappa shape index (κ3) is 14.6. The van der Waals surface area contributed by atoms with Gasteiger partial charge in [-0.3, -0.25) is 9.59 Å². The number of hydrogen-bond donors (Lipinski definition) is 2. The molecule has 0 rings (SSSR count). The quantitative estimate of drug-likeness (QED) is 0.435. The van der Waals surface area contributed by atoms with Crippen LogP contribution in [0, 0.1) is 5.92 Å². The second-order valence-corrected chi connectivity index (χ2v) is 3.43. The number of carboxylic acids is 2. The van der Waals surface area contributed by atoms with Gasteiger partial charge in [0.2, 0.25) is 0 Å². The van der Waals surface area contributed by atoms with Crippen molar-refractivity contribution < 1.29 is 19.8 Å². The van der Waals surface area contributed by atoms with Crippen molar-refractivity contribution in [2.45, 2.75) is 52.9 Å². The summed E-state index contributed by atoms with van der Waals surface area (Å²) >= 11 is 0. The van der Waals surface area contributed by atoms with E-state index < -0.39 is 17.9 Å². The molecule has 0 amide bonds. The van der Waals surface area contributed by atoms with Crippen LogP contribution >= 0.6 is 0 Å². The summed E-state index contributed by atoms with van der Waals surface area (Å²) in [4.78, 5) is 20.7. The average Bonchev–Trinajstić information content (AvgIpc) is 2.12. The minimum atomic E-state index is -1.24. The molecule has 0 aromatic rings. The first-order chi connectivity index (χ1) is 7.01. The van der Waals surface area contributed by atoms with Crippen molar-refractivity contribution in [2.75, 3.05) is 0 Å². The average molecular weight is 258 g/mol. The Morgan fingerprint density at radius 2 is 1.38 bits per heavy atom. The van der Waals surface area contributed by atoms with E-state index in [4.69, 9.17) is 10.2 Å². The van der Waals surface area contributed by atoms with Gasteiger partial charge in [-0.25, -0.2) is 0 Å². The predicted octanol–water partition coefficient (Wildman–Crippen LogP) is 2.12. The molecule has 0 spiro atoms. The van der Waals surface area contributed by atoms with E-state index in [0.29, 0.717) is 6.42 Å². The summed E-state index contributed by atoms with van der Waals surface area (Å²) < 4.78 is 0. The zero-order valence-electron chi connectivity index (χ0n) is 9.82. The topological polar surface area (TPSA) is 74.6 Å². The van der Waals surface area contributed by atoms with Crippen LogP contribution in [0.15, 0.2) is 0 Å². The molecule has 0 bridgehead atoms. The van der Waals surface area contributed by atoms with Gasteiger partial charge in [0, 0.05) is 0 Å². The fourth-order valence-corrected chi connectivity index (χ4v) is 0.951. The van der Waals surface area contributed by atoms with Gasteiger partial charge in [-0.1, -0.05) is 46.5 Å². The summed E-state index contributed by atoms with van der Waals surface area (Å²) in [5.41, 5.74) is 0. The van der Waals surface area contributed by atoms with E-state index in [0.717, 1.165) is 12.8 Å². The number of carbonyl (C=O) groups is 2. The first kappa shape index (κ1) is 21.8. The molecule has 16 heavy (non-hydrogen) atoms. The molecular weight excluding hydrogens is 235 g/mol. The number of aliphatic carboxylic acids is 2. The maximum absolute atomic E-state index is 10.4. The number of unbranched alkanes of at least 4 members (excludes halogenated alkanes) is 2. The van der Waals surface area contributed by atoms with Crippen molar-refractivity contribution in [1.82, 2.24) is 0 Å². The van der Waals surface area contributed by atoms with E-state index in [-0.39, 0.29) is 57.8 Å². The molecule has 0 aliphatic rings. The Balaban J connectivity index is -0.000000377. The van der Waals surface area contributed by atoms with Gasteiger partial charge >= 0.3 is 63.3 Å². The zero-order chi connectivity index (χ0) is 12.3. The molecule has 0 saturated carbocycles. The van der Waals surface area contributed by atoms with Crippen LogP contribution in [0.3, 0.4) is 0 Å². The molecule has 5 heteroatoms. The van der Waals surface area contributed by atoms with E-state index >= 15 is 0 Å². The van der Waals surface area contributed by atoms with Gasteiger partial charge < -0.3 is 10.2 Å². The Morgan fingerprint density at radius 3 is 1.62 bits per heavy atom. The molecule has 4 nitrogen and oxygen atoms in total. The van der Waals surface area contributed by atoms with Gasteiger partial charge in [0.25, 0.3) is 0 Å². The fourth-order valence-electron chi connectivity index (χ4n) is 0.951. The second kappa shape index (κ2) is 15.6. The summed E-state index contributed by atoms with van der Waals surface area (Å²) in [7, 11) is 0. The van der Waals surface area contributed by atoms with Crippen molar-refractivity contribution >= 4 is 63.3 Å². The van der Waals surface area contributed by atoms with Crippen molar-refractivity contribution in [3.05, 3.63) is 0 Å². The Labute approximate surface area is 140 Å². The zero-order valence-corrected chi connectivity index (χ0v) is 9.82. The molecule has 0 unspecified atom stereocenters. The van der Waals surface area contributed by atoms with Gasteiger partial charge in [0.1, 0.15) is 0 Å². The number of carboxylic acid groups (broad SMARTS) is 2. The Kier molecular flexibility index (Phi) is 21.2. The van der Waals surface area contributed by atoms with Crippen LogP contribution in [0.5, 0.6) is 0 Å². The maximum atomic E-state index is 10.4. The van der Waals surface area contributed by atoms with Gasteiger partial charge in [0.05, 0.1) is 0 Å². The fraction of sp³-hybridized carbons (Fsp3) is 0.818.